The van der Waals surface area contributed by atoms with E-state index in [9.17, 15) is 0 Å². The van der Waals surface area contributed by atoms with Gasteiger partial charge in [-0.05, 0) is 37.1 Å². The zero-order valence-corrected chi connectivity index (χ0v) is 22.2. The van der Waals surface area contributed by atoms with Crippen LogP contribution in [0.2, 0.25) is 0 Å². The minimum absolute atomic E-state index is 0. The van der Waals surface area contributed by atoms with E-state index in [0.717, 1.165) is 70.7 Å². The first-order valence-electron chi connectivity index (χ1n) is 11.8. The molecular weight excluding hydrogens is 527 g/mol. The number of benzene rings is 1. The van der Waals surface area contributed by atoms with Crippen LogP contribution in [0.1, 0.15) is 25.0 Å². The highest BCUT2D eigenvalue weighted by Gasteiger charge is 2.20. The van der Waals surface area contributed by atoms with Crippen molar-refractivity contribution >= 4 is 35.8 Å². The molecule has 1 atom stereocenters. The van der Waals surface area contributed by atoms with Gasteiger partial charge in [0.05, 0.1) is 19.3 Å². The van der Waals surface area contributed by atoms with Crippen molar-refractivity contribution in [3.8, 4) is 0 Å². The van der Waals surface area contributed by atoms with E-state index in [2.05, 4.69) is 69.2 Å². The molecule has 3 heterocycles. The van der Waals surface area contributed by atoms with Gasteiger partial charge in [-0.2, -0.15) is 0 Å². The highest BCUT2D eigenvalue weighted by Crippen LogP contribution is 2.15. The summed E-state index contributed by atoms with van der Waals surface area (Å²) in [6.45, 7) is 13.4. The molecule has 2 fully saturated rings. The molecule has 1 aromatic carbocycles. The van der Waals surface area contributed by atoms with Gasteiger partial charge in [-0.1, -0.05) is 30.3 Å². The number of anilines is 1. The minimum Gasteiger partial charge on any atom is -0.376 e. The Kier molecular flexibility index (Phi) is 10.2. The number of hydrogen-bond acceptors (Lipinski definition) is 5. The van der Waals surface area contributed by atoms with E-state index in [-0.39, 0.29) is 24.0 Å². The average Bonchev–Trinajstić information content (AvgIpc) is 2.83. The quantitative estimate of drug-likeness (QED) is 0.331. The largest absolute Gasteiger partial charge is 0.376 e. The zero-order chi connectivity index (χ0) is 22.2. The first kappa shape index (κ1) is 25.7. The number of nitrogens with zero attached hydrogens (tertiary/aromatic N) is 5. The monoisotopic (exact) mass is 564 g/mol. The summed E-state index contributed by atoms with van der Waals surface area (Å²) in [5.74, 6) is 2.06. The summed E-state index contributed by atoms with van der Waals surface area (Å²) < 4.78 is 5.67. The van der Waals surface area contributed by atoms with Crippen LogP contribution in [0.5, 0.6) is 0 Å². The van der Waals surface area contributed by atoms with Crippen molar-refractivity contribution in [3.63, 3.8) is 0 Å². The van der Waals surface area contributed by atoms with Gasteiger partial charge in [0.1, 0.15) is 5.82 Å². The molecule has 8 heteroatoms. The normalized spacial score (nSPS) is 19.8. The Labute approximate surface area is 215 Å². The molecule has 1 N–H and O–H groups in total. The lowest BCUT2D eigenvalue weighted by molar-refractivity contribution is -0.0212. The fraction of sp³-hybridized carbons (Fsp3) is 0.520. The molecule has 1 aromatic heterocycles. The number of pyridine rings is 1. The van der Waals surface area contributed by atoms with E-state index in [1.165, 1.54) is 11.1 Å². The Morgan fingerprint density at radius 2 is 1.91 bits per heavy atom. The van der Waals surface area contributed by atoms with Crippen molar-refractivity contribution in [2.75, 3.05) is 57.3 Å². The number of nitrogens with one attached hydrogen (secondary N) is 1. The van der Waals surface area contributed by atoms with E-state index < -0.39 is 0 Å². The summed E-state index contributed by atoms with van der Waals surface area (Å²) in [7, 11) is 0. The summed E-state index contributed by atoms with van der Waals surface area (Å²) >= 11 is 0. The topological polar surface area (TPSA) is 56.2 Å². The minimum atomic E-state index is 0. The van der Waals surface area contributed by atoms with Gasteiger partial charge in [-0.15, -0.1) is 24.0 Å². The van der Waals surface area contributed by atoms with E-state index in [1.54, 1.807) is 0 Å². The Bertz CT molecular complexity index is 872. The number of morpholine rings is 1. The van der Waals surface area contributed by atoms with Crippen molar-refractivity contribution < 1.29 is 4.74 Å². The van der Waals surface area contributed by atoms with Gasteiger partial charge in [0.15, 0.2) is 5.96 Å². The van der Waals surface area contributed by atoms with Crippen molar-refractivity contribution in [1.82, 2.24) is 20.1 Å². The first-order chi connectivity index (χ1) is 15.7. The Hall–Kier alpha value is -1.91. The molecule has 2 aromatic rings. The molecule has 0 bridgehead atoms. The third-order valence-electron chi connectivity index (χ3n) is 6.02. The Balaban J connectivity index is 0.00000306. The van der Waals surface area contributed by atoms with Crippen LogP contribution in [0.25, 0.3) is 0 Å². The lowest BCUT2D eigenvalue weighted by Crippen LogP contribution is -2.52. The van der Waals surface area contributed by atoms with Gasteiger partial charge < -0.3 is 19.9 Å². The third-order valence-corrected chi connectivity index (χ3v) is 6.02. The van der Waals surface area contributed by atoms with Crippen LogP contribution in [0.4, 0.5) is 5.82 Å². The number of aliphatic imine (C=N–C) groups is 1. The molecular formula is C25H37IN6O. The molecule has 0 saturated carbocycles. The summed E-state index contributed by atoms with van der Waals surface area (Å²) in [6.07, 6.45) is 2.18. The molecule has 2 aliphatic heterocycles. The maximum absolute atomic E-state index is 5.67. The molecule has 2 aliphatic rings. The average molecular weight is 565 g/mol. The maximum Gasteiger partial charge on any atom is 0.194 e. The highest BCUT2D eigenvalue weighted by atomic mass is 127. The van der Waals surface area contributed by atoms with Crippen LogP contribution in [0, 0.1) is 0 Å². The van der Waals surface area contributed by atoms with Gasteiger partial charge >= 0.3 is 0 Å². The van der Waals surface area contributed by atoms with Crippen LogP contribution in [-0.4, -0.2) is 79.3 Å². The predicted molar refractivity (Wildman–Crippen MR) is 145 cm³/mol. The van der Waals surface area contributed by atoms with Crippen molar-refractivity contribution in [3.05, 3.63) is 59.8 Å². The van der Waals surface area contributed by atoms with Gasteiger partial charge in [-0.25, -0.2) is 9.98 Å². The molecule has 33 heavy (non-hydrogen) atoms. The number of aromatic nitrogens is 1. The second kappa shape index (κ2) is 13.1. The SMILES string of the molecule is CCNC(=NCc1cccc(CN2CCOC(C)C2)c1)N1CCN(c2ccccn2)CC1.I. The lowest BCUT2D eigenvalue weighted by Gasteiger charge is -2.37. The molecule has 2 saturated heterocycles. The van der Waals surface area contributed by atoms with Crippen molar-refractivity contribution in [1.29, 1.82) is 0 Å². The number of guanidine groups is 1. The van der Waals surface area contributed by atoms with Gasteiger partial charge in [0.25, 0.3) is 0 Å². The van der Waals surface area contributed by atoms with Crippen LogP contribution >= 0.6 is 24.0 Å². The summed E-state index contributed by atoms with van der Waals surface area (Å²) in [5, 5.41) is 3.48. The van der Waals surface area contributed by atoms with E-state index in [4.69, 9.17) is 9.73 Å². The summed E-state index contributed by atoms with van der Waals surface area (Å²) in [4.78, 5) is 16.6. The molecule has 1 unspecified atom stereocenters. The molecule has 4 rings (SSSR count). The van der Waals surface area contributed by atoms with Crippen molar-refractivity contribution in [2.45, 2.75) is 33.0 Å². The molecule has 0 spiro atoms. The highest BCUT2D eigenvalue weighted by molar-refractivity contribution is 14.0. The van der Waals surface area contributed by atoms with Crippen LogP contribution in [0.15, 0.2) is 53.7 Å². The first-order valence-corrected chi connectivity index (χ1v) is 11.8. The number of hydrogen-bond donors (Lipinski definition) is 1. The summed E-state index contributed by atoms with van der Waals surface area (Å²) in [5.41, 5.74) is 2.60. The fourth-order valence-electron chi connectivity index (χ4n) is 4.40. The second-order valence-electron chi connectivity index (χ2n) is 8.57. The van der Waals surface area contributed by atoms with Gasteiger partial charge in [0, 0.05) is 58.6 Å². The number of rotatable bonds is 6. The van der Waals surface area contributed by atoms with Crippen LogP contribution < -0.4 is 10.2 Å². The molecule has 7 nitrogen and oxygen atoms in total. The van der Waals surface area contributed by atoms with E-state index >= 15 is 0 Å². The number of halogens is 1. The van der Waals surface area contributed by atoms with Crippen molar-refractivity contribution in [2.24, 2.45) is 4.99 Å². The Morgan fingerprint density at radius 3 is 2.64 bits per heavy atom. The lowest BCUT2D eigenvalue weighted by atomic mass is 10.1. The fourth-order valence-corrected chi connectivity index (χ4v) is 4.40. The van der Waals surface area contributed by atoms with E-state index in [1.807, 2.05) is 18.3 Å². The second-order valence-corrected chi connectivity index (χ2v) is 8.57. The predicted octanol–water partition coefficient (Wildman–Crippen LogP) is 3.21. The van der Waals surface area contributed by atoms with Gasteiger partial charge in [-0.3, -0.25) is 4.90 Å². The smallest absolute Gasteiger partial charge is 0.194 e. The third kappa shape index (κ3) is 7.55. The Morgan fingerprint density at radius 1 is 1.09 bits per heavy atom. The summed E-state index contributed by atoms with van der Waals surface area (Å²) in [6, 6.07) is 14.9. The van der Waals surface area contributed by atoms with Crippen LogP contribution in [-0.2, 0) is 17.8 Å². The number of piperazine rings is 1. The van der Waals surface area contributed by atoms with Crippen LogP contribution in [0.3, 0.4) is 0 Å². The zero-order valence-electron chi connectivity index (χ0n) is 19.8. The molecule has 0 radical (unpaired) electrons. The van der Waals surface area contributed by atoms with Gasteiger partial charge in [0.2, 0.25) is 0 Å². The number of ether oxygens (including phenoxy) is 1. The maximum atomic E-state index is 5.67. The standard InChI is InChI=1S/C25H36N6O.HI/c1-3-26-25(31-13-11-30(12-14-31)24-9-4-5-10-27-24)28-18-22-7-6-8-23(17-22)20-29-15-16-32-21(2)19-29;/h4-10,17,21H,3,11-16,18-20H2,1-2H3,(H,26,28);1H. The molecule has 0 aliphatic carbocycles. The molecule has 180 valence electrons. The molecule has 0 amide bonds. The van der Waals surface area contributed by atoms with E-state index in [0.29, 0.717) is 12.6 Å².